The molecule has 20 heavy (non-hydrogen) atoms. The number of ketones is 1. The number of para-hydroxylation sites is 1. The molecule has 3 nitrogen and oxygen atoms in total. The zero-order valence-corrected chi connectivity index (χ0v) is 12.9. The maximum atomic E-state index is 12.1. The first-order valence-electron chi connectivity index (χ1n) is 7.46. The van der Waals surface area contributed by atoms with Crippen LogP contribution in [0.2, 0.25) is 0 Å². The number of carbonyl (C=O) groups excluding carboxylic acids is 1. The first-order chi connectivity index (χ1) is 9.69. The SMILES string of the molecule is CCCCCCC(C)OCC(=O)c1ccccc1OC. The Labute approximate surface area is 122 Å². The van der Waals surface area contributed by atoms with E-state index in [0.29, 0.717) is 11.3 Å². The number of ether oxygens (including phenoxy) is 2. The van der Waals surface area contributed by atoms with Crippen molar-refractivity contribution in [2.24, 2.45) is 0 Å². The predicted molar refractivity (Wildman–Crippen MR) is 81.5 cm³/mol. The monoisotopic (exact) mass is 278 g/mol. The van der Waals surface area contributed by atoms with E-state index in [9.17, 15) is 4.79 Å². The number of unbranched alkanes of at least 4 members (excludes halogenated alkanes) is 3. The number of Topliss-reactive ketones (excluding diaryl/α,β-unsaturated/α-hetero) is 1. The predicted octanol–water partition coefficient (Wildman–Crippen LogP) is 4.25. The van der Waals surface area contributed by atoms with Crippen LogP contribution in [0, 0.1) is 0 Å². The van der Waals surface area contributed by atoms with Gasteiger partial charge in [-0.2, -0.15) is 0 Å². The zero-order valence-electron chi connectivity index (χ0n) is 12.9. The smallest absolute Gasteiger partial charge is 0.192 e. The van der Waals surface area contributed by atoms with Crippen LogP contribution in [0.25, 0.3) is 0 Å². The van der Waals surface area contributed by atoms with Crippen LogP contribution in [0.1, 0.15) is 56.3 Å². The molecular formula is C17H26O3. The molecule has 0 aliphatic rings. The second-order valence-electron chi connectivity index (χ2n) is 5.09. The van der Waals surface area contributed by atoms with Gasteiger partial charge in [0.1, 0.15) is 12.4 Å². The van der Waals surface area contributed by atoms with Gasteiger partial charge in [0, 0.05) is 0 Å². The molecule has 0 radical (unpaired) electrons. The van der Waals surface area contributed by atoms with Crippen molar-refractivity contribution in [2.45, 2.75) is 52.1 Å². The average molecular weight is 278 g/mol. The molecule has 0 spiro atoms. The molecular weight excluding hydrogens is 252 g/mol. The molecule has 1 aromatic rings. The Balaban J connectivity index is 2.35. The Kier molecular flexibility index (Phi) is 7.97. The molecule has 0 fully saturated rings. The van der Waals surface area contributed by atoms with Crippen molar-refractivity contribution in [1.82, 2.24) is 0 Å². The fourth-order valence-corrected chi connectivity index (χ4v) is 2.11. The third-order valence-corrected chi connectivity index (χ3v) is 3.37. The second kappa shape index (κ2) is 9.54. The summed E-state index contributed by atoms with van der Waals surface area (Å²) in [7, 11) is 1.57. The van der Waals surface area contributed by atoms with E-state index in [0.717, 1.165) is 12.8 Å². The van der Waals surface area contributed by atoms with Gasteiger partial charge in [-0.25, -0.2) is 0 Å². The summed E-state index contributed by atoms with van der Waals surface area (Å²) in [5.74, 6) is 0.583. The molecule has 0 heterocycles. The van der Waals surface area contributed by atoms with Crippen LogP contribution in [0.4, 0.5) is 0 Å². The summed E-state index contributed by atoms with van der Waals surface area (Å²) in [5.41, 5.74) is 0.591. The fraction of sp³-hybridized carbons (Fsp3) is 0.588. The van der Waals surface area contributed by atoms with Crippen LogP contribution in [0.15, 0.2) is 24.3 Å². The maximum Gasteiger partial charge on any atom is 0.192 e. The van der Waals surface area contributed by atoms with E-state index < -0.39 is 0 Å². The highest BCUT2D eigenvalue weighted by Gasteiger charge is 2.13. The first-order valence-corrected chi connectivity index (χ1v) is 7.46. The number of methoxy groups -OCH3 is 1. The lowest BCUT2D eigenvalue weighted by atomic mass is 10.1. The Bertz CT molecular complexity index is 401. The molecule has 3 heteroatoms. The standard InChI is InChI=1S/C17H26O3/c1-4-5-6-7-10-14(2)20-13-16(18)15-11-8-9-12-17(15)19-3/h8-9,11-12,14H,4-7,10,13H2,1-3H3. The molecule has 1 rings (SSSR count). The highest BCUT2D eigenvalue weighted by molar-refractivity contribution is 5.99. The third kappa shape index (κ3) is 5.74. The van der Waals surface area contributed by atoms with Crippen LogP contribution in [0.5, 0.6) is 5.75 Å². The molecule has 1 atom stereocenters. The van der Waals surface area contributed by atoms with Crippen LogP contribution < -0.4 is 4.74 Å². The number of rotatable bonds is 10. The molecule has 0 aliphatic carbocycles. The van der Waals surface area contributed by atoms with Gasteiger partial charge in [-0.3, -0.25) is 4.79 Å². The average Bonchev–Trinajstić information content (AvgIpc) is 2.49. The van der Waals surface area contributed by atoms with Crippen molar-refractivity contribution in [3.8, 4) is 5.75 Å². The van der Waals surface area contributed by atoms with E-state index in [1.807, 2.05) is 19.1 Å². The minimum Gasteiger partial charge on any atom is -0.496 e. The molecule has 0 aliphatic heterocycles. The normalized spacial score (nSPS) is 12.2. The summed E-state index contributed by atoms with van der Waals surface area (Å²) in [6, 6.07) is 7.26. The van der Waals surface area contributed by atoms with E-state index in [1.54, 1.807) is 19.2 Å². The minimum atomic E-state index is -0.0251. The molecule has 112 valence electrons. The molecule has 1 aromatic carbocycles. The van der Waals surface area contributed by atoms with Crippen molar-refractivity contribution in [3.63, 3.8) is 0 Å². The van der Waals surface area contributed by atoms with Gasteiger partial charge >= 0.3 is 0 Å². The topological polar surface area (TPSA) is 35.5 Å². The minimum absolute atomic E-state index is 0.0251. The second-order valence-corrected chi connectivity index (χ2v) is 5.09. The van der Waals surface area contributed by atoms with Crippen molar-refractivity contribution in [2.75, 3.05) is 13.7 Å². The van der Waals surface area contributed by atoms with Gasteiger partial charge in [-0.05, 0) is 25.5 Å². The van der Waals surface area contributed by atoms with Gasteiger partial charge in [-0.1, -0.05) is 44.7 Å². The maximum absolute atomic E-state index is 12.1. The lowest BCUT2D eigenvalue weighted by Gasteiger charge is -2.13. The van der Waals surface area contributed by atoms with Crippen LogP contribution in [0.3, 0.4) is 0 Å². The number of hydrogen-bond donors (Lipinski definition) is 0. The summed E-state index contributed by atoms with van der Waals surface area (Å²) in [5, 5.41) is 0. The van der Waals surface area contributed by atoms with Crippen molar-refractivity contribution < 1.29 is 14.3 Å². The summed E-state index contributed by atoms with van der Waals surface area (Å²) < 4.78 is 10.8. The van der Waals surface area contributed by atoms with Gasteiger partial charge in [0.05, 0.1) is 18.8 Å². The van der Waals surface area contributed by atoms with E-state index in [-0.39, 0.29) is 18.5 Å². The van der Waals surface area contributed by atoms with Gasteiger partial charge in [0.25, 0.3) is 0 Å². The molecule has 0 aromatic heterocycles. The Morgan fingerprint density at radius 3 is 2.65 bits per heavy atom. The summed E-state index contributed by atoms with van der Waals surface area (Å²) in [6.45, 7) is 4.35. The van der Waals surface area contributed by atoms with Crippen molar-refractivity contribution in [3.05, 3.63) is 29.8 Å². The number of hydrogen-bond acceptors (Lipinski definition) is 3. The van der Waals surface area contributed by atoms with Crippen molar-refractivity contribution >= 4 is 5.78 Å². The number of benzene rings is 1. The summed E-state index contributed by atoms with van der Waals surface area (Å²) >= 11 is 0. The van der Waals surface area contributed by atoms with Crippen LogP contribution in [-0.4, -0.2) is 25.6 Å². The summed E-state index contributed by atoms with van der Waals surface area (Å²) in [4.78, 5) is 12.1. The largest absolute Gasteiger partial charge is 0.496 e. The highest BCUT2D eigenvalue weighted by atomic mass is 16.5. The van der Waals surface area contributed by atoms with Gasteiger partial charge < -0.3 is 9.47 Å². The summed E-state index contributed by atoms with van der Waals surface area (Å²) in [6.07, 6.45) is 6.06. The Morgan fingerprint density at radius 2 is 1.95 bits per heavy atom. The van der Waals surface area contributed by atoms with Crippen molar-refractivity contribution in [1.29, 1.82) is 0 Å². The van der Waals surface area contributed by atoms with Gasteiger partial charge in [-0.15, -0.1) is 0 Å². The first kappa shape index (κ1) is 16.7. The molecule has 0 saturated carbocycles. The lowest BCUT2D eigenvalue weighted by molar-refractivity contribution is 0.0481. The Hall–Kier alpha value is -1.35. The van der Waals surface area contributed by atoms with E-state index >= 15 is 0 Å². The molecule has 0 bridgehead atoms. The zero-order chi connectivity index (χ0) is 14.8. The number of carbonyl (C=O) groups is 1. The molecule has 1 unspecified atom stereocenters. The molecule has 0 N–H and O–H groups in total. The molecule has 0 amide bonds. The van der Waals surface area contributed by atoms with Crippen LogP contribution in [-0.2, 0) is 4.74 Å². The van der Waals surface area contributed by atoms with Gasteiger partial charge in [0.2, 0.25) is 0 Å². The van der Waals surface area contributed by atoms with E-state index in [4.69, 9.17) is 9.47 Å². The lowest BCUT2D eigenvalue weighted by Crippen LogP contribution is -2.16. The quantitative estimate of drug-likeness (QED) is 0.474. The van der Waals surface area contributed by atoms with Crippen LogP contribution >= 0.6 is 0 Å². The molecule has 0 saturated heterocycles. The highest BCUT2D eigenvalue weighted by Crippen LogP contribution is 2.18. The van der Waals surface area contributed by atoms with E-state index in [2.05, 4.69) is 6.92 Å². The third-order valence-electron chi connectivity index (χ3n) is 3.37. The fourth-order valence-electron chi connectivity index (χ4n) is 2.11. The Morgan fingerprint density at radius 1 is 1.20 bits per heavy atom. The van der Waals surface area contributed by atoms with E-state index in [1.165, 1.54) is 19.3 Å². The van der Waals surface area contributed by atoms with Gasteiger partial charge in [0.15, 0.2) is 5.78 Å².